The molecule has 0 spiro atoms. The topological polar surface area (TPSA) is 99.5 Å². The number of nitrogens with zero attached hydrogens (tertiary/aromatic N) is 2. The van der Waals surface area contributed by atoms with E-state index in [1.54, 1.807) is 24.3 Å². The van der Waals surface area contributed by atoms with Crippen molar-refractivity contribution in [2.75, 3.05) is 13.2 Å². The maximum absolute atomic E-state index is 14.8. The van der Waals surface area contributed by atoms with E-state index in [0.717, 1.165) is 18.3 Å². The summed E-state index contributed by atoms with van der Waals surface area (Å²) in [7, 11) is -4.31. The highest BCUT2D eigenvalue weighted by Gasteiger charge is 2.51. The van der Waals surface area contributed by atoms with Crippen molar-refractivity contribution in [1.82, 2.24) is 8.61 Å². The largest absolute Gasteiger partial charge is 0.492 e. The normalized spacial score (nSPS) is 22.5. The van der Waals surface area contributed by atoms with Gasteiger partial charge in [-0.2, -0.15) is 17.0 Å². The number of para-hydroxylation sites is 2. The Bertz CT molecular complexity index is 1480. The molecular formula is C32H32I2N2O6S. The molecule has 4 aromatic carbocycles. The first kappa shape index (κ1) is 32.1. The fraction of sp³-hybridized carbons (Fsp3) is 0.250. The van der Waals surface area contributed by atoms with Gasteiger partial charge in [0.2, 0.25) is 0 Å². The Morgan fingerprint density at radius 1 is 0.605 bits per heavy atom. The molecule has 1 heterocycles. The third-order valence-corrected chi connectivity index (χ3v) is 10.6. The second-order valence-electron chi connectivity index (χ2n) is 10.2. The molecule has 2 N–H and O–H groups in total. The van der Waals surface area contributed by atoms with E-state index in [1.807, 2.05) is 84.9 Å². The number of hydrogen-bond acceptors (Lipinski definition) is 6. The molecule has 4 atom stereocenters. The molecule has 5 rings (SSSR count). The van der Waals surface area contributed by atoms with Gasteiger partial charge in [0.1, 0.15) is 36.9 Å². The molecule has 1 aliphatic rings. The van der Waals surface area contributed by atoms with Crippen LogP contribution in [-0.2, 0) is 23.3 Å². The Labute approximate surface area is 279 Å². The third-order valence-electron chi connectivity index (χ3n) is 7.25. The SMILES string of the molecule is O=S1(=O)N(Cc2cccc(I)c2)[C@@H](COc2ccccc2)[C@@H](O)[C@H](O)[C@H](COc2ccccc2)N1Cc1cccc(I)c1. The molecule has 43 heavy (non-hydrogen) atoms. The predicted octanol–water partition coefficient (Wildman–Crippen LogP) is 5.08. The molecule has 0 aliphatic carbocycles. The van der Waals surface area contributed by atoms with Gasteiger partial charge in [-0.15, -0.1) is 0 Å². The Morgan fingerprint density at radius 3 is 1.37 bits per heavy atom. The van der Waals surface area contributed by atoms with E-state index >= 15 is 0 Å². The van der Waals surface area contributed by atoms with Gasteiger partial charge in [-0.25, -0.2) is 0 Å². The molecule has 11 heteroatoms. The van der Waals surface area contributed by atoms with Crippen LogP contribution >= 0.6 is 45.2 Å². The molecule has 4 aromatic rings. The van der Waals surface area contributed by atoms with E-state index in [-0.39, 0.29) is 26.3 Å². The fourth-order valence-corrected chi connectivity index (χ4v) is 8.23. The number of aliphatic hydroxyl groups is 2. The van der Waals surface area contributed by atoms with Gasteiger partial charge in [0, 0.05) is 20.2 Å². The summed E-state index contributed by atoms with van der Waals surface area (Å²) in [6.45, 7) is -0.398. The molecule has 0 radical (unpaired) electrons. The van der Waals surface area contributed by atoms with E-state index in [4.69, 9.17) is 9.47 Å². The van der Waals surface area contributed by atoms with Crippen LogP contribution in [-0.4, -0.2) is 64.7 Å². The summed E-state index contributed by atoms with van der Waals surface area (Å²) in [6.07, 6.45) is -2.96. The lowest BCUT2D eigenvalue weighted by atomic mass is 9.99. The van der Waals surface area contributed by atoms with Crippen LogP contribution in [0.2, 0.25) is 0 Å². The zero-order valence-electron chi connectivity index (χ0n) is 23.1. The molecule has 1 aliphatic heterocycles. The summed E-state index contributed by atoms with van der Waals surface area (Å²) in [6, 6.07) is 30.9. The Hall–Kier alpha value is -2.27. The number of benzene rings is 4. The number of ether oxygens (including phenoxy) is 2. The highest BCUT2D eigenvalue weighted by Crippen LogP contribution is 2.32. The van der Waals surface area contributed by atoms with Crippen molar-refractivity contribution in [3.8, 4) is 11.5 Å². The fourth-order valence-electron chi connectivity index (χ4n) is 5.06. The average molecular weight is 826 g/mol. The van der Waals surface area contributed by atoms with Gasteiger partial charge in [-0.1, -0.05) is 60.7 Å². The van der Waals surface area contributed by atoms with Crippen molar-refractivity contribution < 1.29 is 28.1 Å². The highest BCUT2D eigenvalue weighted by atomic mass is 127. The van der Waals surface area contributed by atoms with Crippen LogP contribution in [0.5, 0.6) is 11.5 Å². The second-order valence-corrected chi connectivity index (χ2v) is 14.5. The van der Waals surface area contributed by atoms with Crippen LogP contribution in [0.4, 0.5) is 0 Å². The summed E-state index contributed by atoms with van der Waals surface area (Å²) < 4.78 is 45.9. The zero-order chi connectivity index (χ0) is 30.4. The smallest absolute Gasteiger partial charge is 0.283 e. The molecule has 0 amide bonds. The first-order valence-electron chi connectivity index (χ1n) is 13.7. The predicted molar refractivity (Wildman–Crippen MR) is 182 cm³/mol. The van der Waals surface area contributed by atoms with E-state index in [2.05, 4.69) is 45.2 Å². The summed E-state index contributed by atoms with van der Waals surface area (Å²) in [5.41, 5.74) is 1.49. The van der Waals surface area contributed by atoms with Crippen molar-refractivity contribution in [3.05, 3.63) is 127 Å². The van der Waals surface area contributed by atoms with Crippen molar-refractivity contribution in [2.24, 2.45) is 0 Å². The molecule has 0 unspecified atom stereocenters. The summed E-state index contributed by atoms with van der Waals surface area (Å²) in [5.74, 6) is 1.06. The summed E-state index contributed by atoms with van der Waals surface area (Å²) in [5, 5.41) is 23.4. The third kappa shape index (κ3) is 8.07. The lowest BCUT2D eigenvalue weighted by molar-refractivity contribution is -0.0565. The number of hydrogen-bond donors (Lipinski definition) is 2. The van der Waals surface area contributed by atoms with E-state index < -0.39 is 34.5 Å². The summed E-state index contributed by atoms with van der Waals surface area (Å²) >= 11 is 4.37. The monoisotopic (exact) mass is 826 g/mol. The Morgan fingerprint density at radius 2 is 1.00 bits per heavy atom. The lowest BCUT2D eigenvalue weighted by Gasteiger charge is -2.34. The zero-order valence-corrected chi connectivity index (χ0v) is 28.2. The Kier molecular flexibility index (Phi) is 11.0. The highest BCUT2D eigenvalue weighted by molar-refractivity contribution is 14.1. The number of aliphatic hydroxyl groups excluding tert-OH is 2. The second kappa shape index (κ2) is 14.7. The van der Waals surface area contributed by atoms with E-state index in [1.165, 1.54) is 8.61 Å². The molecule has 1 fully saturated rings. The van der Waals surface area contributed by atoms with Gasteiger partial charge in [0.25, 0.3) is 10.2 Å². The molecule has 1 saturated heterocycles. The van der Waals surface area contributed by atoms with Gasteiger partial charge in [-0.05, 0) is 105 Å². The number of halogens is 2. The molecule has 0 saturated carbocycles. The van der Waals surface area contributed by atoms with Gasteiger partial charge in [-0.3, -0.25) is 0 Å². The van der Waals surface area contributed by atoms with Crippen LogP contribution in [0.3, 0.4) is 0 Å². The minimum absolute atomic E-state index is 0.0269. The molecule has 0 aromatic heterocycles. The number of rotatable bonds is 10. The van der Waals surface area contributed by atoms with Crippen LogP contribution < -0.4 is 9.47 Å². The van der Waals surface area contributed by atoms with Gasteiger partial charge >= 0.3 is 0 Å². The quantitative estimate of drug-likeness (QED) is 0.217. The van der Waals surface area contributed by atoms with Crippen LogP contribution in [0, 0.1) is 7.14 Å². The minimum Gasteiger partial charge on any atom is -0.492 e. The first-order chi connectivity index (χ1) is 20.7. The maximum Gasteiger partial charge on any atom is 0.283 e. The van der Waals surface area contributed by atoms with Crippen molar-refractivity contribution in [2.45, 2.75) is 37.4 Å². The maximum atomic E-state index is 14.8. The first-order valence-corrected chi connectivity index (χ1v) is 17.3. The molecule has 226 valence electrons. The van der Waals surface area contributed by atoms with Gasteiger partial charge in [0.15, 0.2) is 0 Å². The van der Waals surface area contributed by atoms with E-state index in [0.29, 0.717) is 11.5 Å². The Balaban J connectivity index is 1.57. The molecule has 8 nitrogen and oxygen atoms in total. The van der Waals surface area contributed by atoms with E-state index in [9.17, 15) is 18.6 Å². The van der Waals surface area contributed by atoms with Crippen LogP contribution in [0.25, 0.3) is 0 Å². The minimum atomic E-state index is -4.31. The molecular weight excluding hydrogens is 794 g/mol. The van der Waals surface area contributed by atoms with Crippen LogP contribution in [0.15, 0.2) is 109 Å². The van der Waals surface area contributed by atoms with Gasteiger partial charge < -0.3 is 19.7 Å². The van der Waals surface area contributed by atoms with Crippen molar-refractivity contribution in [1.29, 1.82) is 0 Å². The standard InChI is InChI=1S/C32H32I2N2O6S/c33-25-11-7-9-23(17-25)19-35-29(21-41-27-13-3-1-4-14-27)31(37)32(38)30(22-42-28-15-5-2-6-16-28)36(43(35,39)40)20-24-10-8-12-26(34)18-24/h1-18,29-32,37-38H,19-22H2/t29-,30-,31+,32+/m0/s1. The van der Waals surface area contributed by atoms with Crippen molar-refractivity contribution in [3.63, 3.8) is 0 Å². The van der Waals surface area contributed by atoms with Crippen LogP contribution in [0.1, 0.15) is 11.1 Å². The van der Waals surface area contributed by atoms with Gasteiger partial charge in [0.05, 0.1) is 12.1 Å². The summed E-state index contributed by atoms with van der Waals surface area (Å²) in [4.78, 5) is 0. The lowest BCUT2D eigenvalue weighted by Crippen LogP contribution is -2.52. The van der Waals surface area contributed by atoms with Crippen molar-refractivity contribution >= 4 is 55.4 Å². The average Bonchev–Trinajstić information content (AvgIpc) is 3.05. The molecule has 0 bridgehead atoms.